The maximum atomic E-state index is 12.8. The van der Waals surface area contributed by atoms with Crippen molar-refractivity contribution in [3.8, 4) is 11.5 Å². The normalized spacial score (nSPS) is 13.8. The molecule has 1 N–H and O–H groups in total. The second-order valence-corrected chi connectivity index (χ2v) is 7.40. The van der Waals surface area contributed by atoms with E-state index in [4.69, 9.17) is 9.47 Å². The van der Waals surface area contributed by atoms with Gasteiger partial charge < -0.3 is 14.8 Å². The van der Waals surface area contributed by atoms with Crippen LogP contribution in [0.15, 0.2) is 18.2 Å². The number of hydrogen-bond donors (Lipinski definition) is 1. The summed E-state index contributed by atoms with van der Waals surface area (Å²) in [5.74, 6) is 2.06. The third kappa shape index (κ3) is 2.78. The first-order chi connectivity index (χ1) is 12.4. The molecule has 3 aromatic rings. The molecule has 4 rings (SSSR count). The summed E-state index contributed by atoms with van der Waals surface area (Å²) in [6.07, 6.45) is 0. The van der Waals surface area contributed by atoms with Crippen molar-refractivity contribution >= 4 is 27.5 Å². The number of nitrogens with zero attached hydrogens (tertiary/aromatic N) is 2. The highest BCUT2D eigenvalue weighted by molar-refractivity contribution is 7.20. The van der Waals surface area contributed by atoms with Gasteiger partial charge in [0.15, 0.2) is 11.5 Å². The Labute approximate surface area is 155 Å². The number of carbonyl (C=O) groups is 1. The SMILES string of the molecule is Cc1nc(C)c2c(C)c(C(=O)NC(C)c3ccc4c(c3)OCO4)sc2n1. The zero-order valence-electron chi connectivity index (χ0n) is 15.0. The minimum absolute atomic E-state index is 0.104. The summed E-state index contributed by atoms with van der Waals surface area (Å²) in [7, 11) is 0. The number of hydrogen-bond acceptors (Lipinski definition) is 6. The Kier molecular flexibility index (Phi) is 4.03. The molecule has 0 bridgehead atoms. The Morgan fingerprint density at radius 1 is 1.19 bits per heavy atom. The third-order valence-electron chi connectivity index (χ3n) is 4.53. The fourth-order valence-electron chi connectivity index (χ4n) is 3.22. The van der Waals surface area contributed by atoms with E-state index in [9.17, 15) is 4.79 Å². The molecule has 7 heteroatoms. The molecule has 1 unspecified atom stereocenters. The Morgan fingerprint density at radius 3 is 2.77 bits per heavy atom. The minimum Gasteiger partial charge on any atom is -0.454 e. The summed E-state index contributed by atoms with van der Waals surface area (Å²) in [4.78, 5) is 23.3. The number of aryl methyl sites for hydroxylation is 3. The number of aromatic nitrogens is 2. The van der Waals surface area contributed by atoms with Crippen molar-refractivity contribution in [2.24, 2.45) is 0 Å². The first kappa shape index (κ1) is 16.8. The molecular formula is C19H19N3O3S. The van der Waals surface area contributed by atoms with Gasteiger partial charge in [0.25, 0.3) is 5.91 Å². The molecule has 1 aliphatic rings. The first-order valence-electron chi connectivity index (χ1n) is 8.39. The maximum absolute atomic E-state index is 12.8. The van der Waals surface area contributed by atoms with E-state index >= 15 is 0 Å². The zero-order valence-corrected chi connectivity index (χ0v) is 15.9. The fraction of sp³-hybridized carbons (Fsp3) is 0.316. The van der Waals surface area contributed by atoms with E-state index in [2.05, 4.69) is 15.3 Å². The van der Waals surface area contributed by atoms with Gasteiger partial charge in [-0.15, -0.1) is 11.3 Å². The lowest BCUT2D eigenvalue weighted by Gasteiger charge is -2.14. The van der Waals surface area contributed by atoms with E-state index in [0.29, 0.717) is 10.6 Å². The van der Waals surface area contributed by atoms with Crippen LogP contribution in [0, 0.1) is 20.8 Å². The van der Waals surface area contributed by atoms with E-state index in [1.807, 2.05) is 45.9 Å². The largest absolute Gasteiger partial charge is 0.454 e. The topological polar surface area (TPSA) is 73.3 Å². The van der Waals surface area contributed by atoms with Crippen LogP contribution in [-0.4, -0.2) is 22.7 Å². The Balaban J connectivity index is 1.61. The third-order valence-corrected chi connectivity index (χ3v) is 5.72. The molecule has 6 nitrogen and oxygen atoms in total. The second kappa shape index (κ2) is 6.25. The average Bonchev–Trinajstić information content (AvgIpc) is 3.18. The van der Waals surface area contributed by atoms with Gasteiger partial charge in [-0.05, 0) is 51.0 Å². The van der Waals surface area contributed by atoms with Gasteiger partial charge in [0.1, 0.15) is 10.7 Å². The van der Waals surface area contributed by atoms with Gasteiger partial charge in [-0.2, -0.15) is 0 Å². The molecule has 2 aromatic heterocycles. The van der Waals surface area contributed by atoms with Crippen LogP contribution >= 0.6 is 11.3 Å². The number of carbonyl (C=O) groups excluding carboxylic acids is 1. The second-order valence-electron chi connectivity index (χ2n) is 6.40. The van der Waals surface area contributed by atoms with Crippen LogP contribution in [0.25, 0.3) is 10.2 Å². The highest BCUT2D eigenvalue weighted by atomic mass is 32.1. The van der Waals surface area contributed by atoms with E-state index in [0.717, 1.165) is 38.6 Å². The van der Waals surface area contributed by atoms with Crippen LogP contribution in [0.4, 0.5) is 0 Å². The summed E-state index contributed by atoms with van der Waals surface area (Å²) in [6, 6.07) is 5.56. The molecule has 1 atom stereocenters. The standard InChI is InChI=1S/C19H19N3O3S/c1-9-16-11(3)20-12(4)22-19(16)26-17(9)18(23)21-10(2)13-5-6-14-15(7-13)25-8-24-14/h5-7,10H,8H2,1-4H3,(H,21,23). The maximum Gasteiger partial charge on any atom is 0.262 e. The van der Waals surface area contributed by atoms with Gasteiger partial charge in [-0.25, -0.2) is 9.97 Å². The van der Waals surface area contributed by atoms with Crippen LogP contribution in [0.1, 0.15) is 45.3 Å². The van der Waals surface area contributed by atoms with Crippen molar-refractivity contribution in [1.29, 1.82) is 0 Å². The number of ether oxygens (including phenoxy) is 2. The summed E-state index contributed by atoms with van der Waals surface area (Å²) in [6.45, 7) is 7.95. The zero-order chi connectivity index (χ0) is 18.4. The van der Waals surface area contributed by atoms with Crippen LogP contribution in [0.3, 0.4) is 0 Å². The van der Waals surface area contributed by atoms with Crippen molar-refractivity contribution < 1.29 is 14.3 Å². The number of nitrogens with one attached hydrogen (secondary N) is 1. The van der Waals surface area contributed by atoms with E-state index in [1.54, 1.807) is 0 Å². The highest BCUT2D eigenvalue weighted by Crippen LogP contribution is 2.35. The first-order valence-corrected chi connectivity index (χ1v) is 9.20. The molecule has 0 radical (unpaired) electrons. The summed E-state index contributed by atoms with van der Waals surface area (Å²) in [5.41, 5.74) is 2.80. The predicted molar refractivity (Wildman–Crippen MR) is 100 cm³/mol. The van der Waals surface area contributed by atoms with E-state index in [-0.39, 0.29) is 18.7 Å². The Hall–Kier alpha value is -2.67. The van der Waals surface area contributed by atoms with Crippen LogP contribution in [0.5, 0.6) is 11.5 Å². The van der Waals surface area contributed by atoms with Gasteiger partial charge in [-0.1, -0.05) is 6.07 Å². The lowest BCUT2D eigenvalue weighted by atomic mass is 10.1. The van der Waals surface area contributed by atoms with Crippen LogP contribution in [-0.2, 0) is 0 Å². The molecule has 0 spiro atoms. The number of rotatable bonds is 3. The predicted octanol–water partition coefficient (Wildman–Crippen LogP) is 3.84. The van der Waals surface area contributed by atoms with Gasteiger partial charge in [0.05, 0.1) is 10.9 Å². The lowest BCUT2D eigenvalue weighted by molar-refractivity contribution is 0.0943. The van der Waals surface area contributed by atoms with Crippen LogP contribution in [0.2, 0.25) is 0 Å². The number of fused-ring (bicyclic) bond motifs is 2. The average molecular weight is 369 g/mol. The number of amides is 1. The fourth-order valence-corrected chi connectivity index (χ4v) is 4.40. The van der Waals surface area contributed by atoms with Crippen molar-refractivity contribution in [2.45, 2.75) is 33.7 Å². The molecule has 0 fully saturated rings. The van der Waals surface area contributed by atoms with Gasteiger partial charge in [0, 0.05) is 11.1 Å². The number of thiophene rings is 1. The molecule has 0 saturated carbocycles. The smallest absolute Gasteiger partial charge is 0.262 e. The van der Waals surface area contributed by atoms with Gasteiger partial charge in [0.2, 0.25) is 6.79 Å². The molecule has 1 aromatic carbocycles. The van der Waals surface area contributed by atoms with Crippen molar-refractivity contribution in [3.63, 3.8) is 0 Å². The minimum atomic E-state index is -0.157. The monoisotopic (exact) mass is 369 g/mol. The molecule has 1 amide bonds. The van der Waals surface area contributed by atoms with Crippen molar-refractivity contribution in [1.82, 2.24) is 15.3 Å². The molecule has 1 aliphatic heterocycles. The Morgan fingerprint density at radius 2 is 1.96 bits per heavy atom. The molecule has 0 aliphatic carbocycles. The molecule has 26 heavy (non-hydrogen) atoms. The van der Waals surface area contributed by atoms with Crippen molar-refractivity contribution in [3.05, 3.63) is 45.7 Å². The number of benzene rings is 1. The highest BCUT2D eigenvalue weighted by Gasteiger charge is 2.21. The Bertz CT molecular complexity index is 1030. The van der Waals surface area contributed by atoms with Crippen LogP contribution < -0.4 is 14.8 Å². The summed E-state index contributed by atoms with van der Waals surface area (Å²) in [5, 5.41) is 4.04. The molecule has 3 heterocycles. The van der Waals surface area contributed by atoms with Crippen molar-refractivity contribution in [2.75, 3.05) is 6.79 Å². The van der Waals surface area contributed by atoms with Gasteiger partial charge >= 0.3 is 0 Å². The van der Waals surface area contributed by atoms with Gasteiger partial charge in [-0.3, -0.25) is 4.79 Å². The summed E-state index contributed by atoms with van der Waals surface area (Å²) < 4.78 is 10.7. The molecule has 0 saturated heterocycles. The summed E-state index contributed by atoms with van der Waals surface area (Å²) >= 11 is 1.41. The molecular weight excluding hydrogens is 350 g/mol. The van der Waals surface area contributed by atoms with E-state index in [1.165, 1.54) is 11.3 Å². The van der Waals surface area contributed by atoms with E-state index < -0.39 is 0 Å². The molecule has 134 valence electrons. The quantitative estimate of drug-likeness (QED) is 0.759. The lowest BCUT2D eigenvalue weighted by Crippen LogP contribution is -2.26.